The molecule has 1 fully saturated rings. The summed E-state index contributed by atoms with van der Waals surface area (Å²) in [5.41, 5.74) is 1.25. The number of pyridine rings is 1. The SMILES string of the molecule is C1CNCCN1.c1ccn2cccc2c1. The summed E-state index contributed by atoms with van der Waals surface area (Å²) in [6, 6.07) is 10.3. The maximum atomic E-state index is 3.22. The molecule has 0 aliphatic carbocycles. The van der Waals surface area contributed by atoms with Gasteiger partial charge >= 0.3 is 0 Å². The van der Waals surface area contributed by atoms with E-state index in [0.29, 0.717) is 0 Å². The van der Waals surface area contributed by atoms with Crippen LogP contribution in [0.3, 0.4) is 0 Å². The highest BCUT2D eigenvalue weighted by molar-refractivity contribution is 5.46. The summed E-state index contributed by atoms with van der Waals surface area (Å²) in [5.74, 6) is 0. The van der Waals surface area contributed by atoms with Crippen LogP contribution in [0, 0.1) is 0 Å². The van der Waals surface area contributed by atoms with Crippen molar-refractivity contribution in [3.8, 4) is 0 Å². The van der Waals surface area contributed by atoms with Crippen LogP contribution in [0.15, 0.2) is 42.7 Å². The van der Waals surface area contributed by atoms with Crippen LogP contribution in [-0.2, 0) is 0 Å². The van der Waals surface area contributed by atoms with Crippen molar-refractivity contribution in [3.05, 3.63) is 42.7 Å². The first kappa shape index (κ1) is 10.2. The second-order valence-corrected chi connectivity index (χ2v) is 3.54. The molecule has 0 atom stereocenters. The van der Waals surface area contributed by atoms with Crippen molar-refractivity contribution in [2.45, 2.75) is 0 Å². The van der Waals surface area contributed by atoms with E-state index in [4.69, 9.17) is 0 Å². The number of nitrogens with one attached hydrogen (secondary N) is 2. The molecule has 0 amide bonds. The third-order valence-corrected chi connectivity index (χ3v) is 2.39. The Hall–Kier alpha value is -1.32. The van der Waals surface area contributed by atoms with Gasteiger partial charge in [0.15, 0.2) is 0 Å². The Labute approximate surface area is 90.1 Å². The van der Waals surface area contributed by atoms with Gasteiger partial charge in [-0.15, -0.1) is 0 Å². The standard InChI is InChI=1S/C8H7N.C4H10N2/c1-2-6-9-7-3-5-8(9)4-1;1-2-6-4-3-5-1/h1-7H;5-6H,1-4H2. The van der Waals surface area contributed by atoms with Gasteiger partial charge in [0, 0.05) is 44.1 Å². The van der Waals surface area contributed by atoms with Crippen LogP contribution < -0.4 is 10.6 Å². The Morgan fingerprint density at radius 2 is 1.40 bits per heavy atom. The van der Waals surface area contributed by atoms with Gasteiger partial charge in [0.2, 0.25) is 0 Å². The molecule has 80 valence electrons. The molecule has 0 spiro atoms. The molecule has 0 unspecified atom stereocenters. The van der Waals surface area contributed by atoms with Crippen LogP contribution in [0.25, 0.3) is 5.52 Å². The summed E-state index contributed by atoms with van der Waals surface area (Å²) in [6.07, 6.45) is 4.07. The molecule has 3 rings (SSSR count). The minimum Gasteiger partial charge on any atom is -0.324 e. The van der Waals surface area contributed by atoms with E-state index in [-0.39, 0.29) is 0 Å². The highest BCUT2D eigenvalue weighted by atomic mass is 15.0. The van der Waals surface area contributed by atoms with Gasteiger partial charge in [-0.25, -0.2) is 0 Å². The Morgan fingerprint density at radius 1 is 0.800 bits per heavy atom. The number of piperazine rings is 1. The van der Waals surface area contributed by atoms with Crippen LogP contribution in [0.4, 0.5) is 0 Å². The fourth-order valence-corrected chi connectivity index (χ4v) is 1.58. The topological polar surface area (TPSA) is 28.5 Å². The first-order valence-electron chi connectivity index (χ1n) is 5.40. The second kappa shape index (κ2) is 5.53. The molecule has 0 bridgehead atoms. The Bertz CT molecular complexity index is 349. The van der Waals surface area contributed by atoms with Crippen molar-refractivity contribution in [1.29, 1.82) is 0 Å². The molecule has 3 heteroatoms. The number of fused-ring (bicyclic) bond motifs is 1. The van der Waals surface area contributed by atoms with E-state index in [1.165, 1.54) is 5.52 Å². The van der Waals surface area contributed by atoms with Crippen LogP contribution >= 0.6 is 0 Å². The monoisotopic (exact) mass is 203 g/mol. The normalized spacial score (nSPS) is 15.7. The molecule has 2 aromatic heterocycles. The first-order chi connectivity index (χ1) is 7.47. The Balaban J connectivity index is 0.000000124. The van der Waals surface area contributed by atoms with E-state index < -0.39 is 0 Å². The van der Waals surface area contributed by atoms with E-state index in [2.05, 4.69) is 27.2 Å². The van der Waals surface area contributed by atoms with Gasteiger partial charge in [-0.05, 0) is 24.3 Å². The highest BCUT2D eigenvalue weighted by Crippen LogP contribution is 2.01. The third-order valence-electron chi connectivity index (χ3n) is 2.39. The summed E-state index contributed by atoms with van der Waals surface area (Å²) in [7, 11) is 0. The molecule has 0 aromatic carbocycles. The summed E-state index contributed by atoms with van der Waals surface area (Å²) in [6.45, 7) is 4.56. The molecular weight excluding hydrogens is 186 g/mol. The quantitative estimate of drug-likeness (QED) is 0.671. The lowest BCUT2D eigenvalue weighted by molar-refractivity contribution is 0.534. The van der Waals surface area contributed by atoms with Crippen molar-refractivity contribution < 1.29 is 0 Å². The Morgan fingerprint density at radius 3 is 2.00 bits per heavy atom. The van der Waals surface area contributed by atoms with Crippen molar-refractivity contribution in [2.24, 2.45) is 0 Å². The lowest BCUT2D eigenvalue weighted by atomic mass is 10.4. The summed E-state index contributed by atoms with van der Waals surface area (Å²) < 4.78 is 2.08. The van der Waals surface area contributed by atoms with Crippen LogP contribution in [0.2, 0.25) is 0 Å². The number of hydrogen-bond donors (Lipinski definition) is 2. The minimum absolute atomic E-state index is 1.14. The molecule has 0 saturated carbocycles. The van der Waals surface area contributed by atoms with Gasteiger partial charge in [-0.1, -0.05) is 6.07 Å². The van der Waals surface area contributed by atoms with E-state index in [1.54, 1.807) is 0 Å². The summed E-state index contributed by atoms with van der Waals surface area (Å²) in [5, 5.41) is 6.44. The van der Waals surface area contributed by atoms with Gasteiger partial charge in [0.1, 0.15) is 0 Å². The molecular formula is C12H17N3. The molecule has 1 aliphatic heterocycles. The maximum absolute atomic E-state index is 3.22. The maximum Gasteiger partial charge on any atom is 0.0449 e. The zero-order valence-corrected chi connectivity index (χ0v) is 8.82. The van der Waals surface area contributed by atoms with E-state index in [0.717, 1.165) is 26.2 Å². The predicted octanol–water partition coefficient (Wildman–Crippen LogP) is 1.12. The molecule has 0 radical (unpaired) electrons. The second-order valence-electron chi connectivity index (χ2n) is 3.54. The summed E-state index contributed by atoms with van der Waals surface area (Å²) >= 11 is 0. The Kier molecular flexibility index (Phi) is 3.77. The molecule has 1 aliphatic rings. The van der Waals surface area contributed by atoms with Crippen molar-refractivity contribution in [1.82, 2.24) is 15.0 Å². The lowest BCUT2D eigenvalue weighted by Crippen LogP contribution is -2.39. The average Bonchev–Trinajstić information content (AvgIpc) is 2.80. The minimum atomic E-state index is 1.14. The fraction of sp³-hybridized carbons (Fsp3) is 0.333. The molecule has 3 heterocycles. The molecule has 1 saturated heterocycles. The van der Waals surface area contributed by atoms with Crippen LogP contribution in [-0.4, -0.2) is 30.6 Å². The van der Waals surface area contributed by atoms with Crippen LogP contribution in [0.1, 0.15) is 0 Å². The van der Waals surface area contributed by atoms with Crippen molar-refractivity contribution in [3.63, 3.8) is 0 Å². The lowest BCUT2D eigenvalue weighted by Gasteiger charge is -2.11. The third kappa shape index (κ3) is 3.08. The zero-order valence-electron chi connectivity index (χ0n) is 8.82. The summed E-state index contributed by atoms with van der Waals surface area (Å²) in [4.78, 5) is 0. The van der Waals surface area contributed by atoms with Crippen molar-refractivity contribution >= 4 is 5.52 Å². The molecule has 3 nitrogen and oxygen atoms in total. The smallest absolute Gasteiger partial charge is 0.0449 e. The fourth-order valence-electron chi connectivity index (χ4n) is 1.58. The van der Waals surface area contributed by atoms with Crippen LogP contribution in [0.5, 0.6) is 0 Å². The van der Waals surface area contributed by atoms with Gasteiger partial charge in [-0.2, -0.15) is 0 Å². The van der Waals surface area contributed by atoms with E-state index in [1.807, 2.05) is 30.6 Å². The number of aromatic nitrogens is 1. The van der Waals surface area contributed by atoms with Gasteiger partial charge in [0.05, 0.1) is 0 Å². The average molecular weight is 203 g/mol. The zero-order chi connectivity index (χ0) is 10.3. The number of hydrogen-bond acceptors (Lipinski definition) is 2. The first-order valence-corrected chi connectivity index (χ1v) is 5.40. The number of rotatable bonds is 0. The molecule has 2 aromatic rings. The van der Waals surface area contributed by atoms with Gasteiger partial charge in [-0.3, -0.25) is 0 Å². The number of nitrogens with zero attached hydrogens (tertiary/aromatic N) is 1. The van der Waals surface area contributed by atoms with Gasteiger partial charge < -0.3 is 15.0 Å². The van der Waals surface area contributed by atoms with Gasteiger partial charge in [0.25, 0.3) is 0 Å². The predicted molar refractivity (Wildman–Crippen MR) is 63.1 cm³/mol. The van der Waals surface area contributed by atoms with Crippen molar-refractivity contribution in [2.75, 3.05) is 26.2 Å². The van der Waals surface area contributed by atoms with E-state index >= 15 is 0 Å². The highest BCUT2D eigenvalue weighted by Gasteiger charge is 1.91. The van der Waals surface area contributed by atoms with E-state index in [9.17, 15) is 0 Å². The largest absolute Gasteiger partial charge is 0.324 e. The molecule has 2 N–H and O–H groups in total. The molecule has 15 heavy (non-hydrogen) atoms.